The number of rotatable bonds is 7. The summed E-state index contributed by atoms with van der Waals surface area (Å²) in [4.78, 5) is 0.490. The van der Waals surface area contributed by atoms with Gasteiger partial charge in [-0.2, -0.15) is 5.10 Å². The molecule has 3 atom stereocenters. The normalized spacial score (nSPS) is 22.9. The van der Waals surface area contributed by atoms with Crippen LogP contribution in [0.5, 0.6) is 0 Å². The third-order valence-electron chi connectivity index (χ3n) is 5.87. The zero-order valence-corrected chi connectivity index (χ0v) is 18.1. The number of anilines is 2. The van der Waals surface area contributed by atoms with Gasteiger partial charge in [0.1, 0.15) is 11.0 Å². The average molecular weight is 439 g/mol. The number of hydrogen-bond acceptors (Lipinski definition) is 5. The summed E-state index contributed by atoms with van der Waals surface area (Å²) in [7, 11) is 0.611. The number of nitrogens with two attached hydrogens (primary N) is 1. The van der Waals surface area contributed by atoms with E-state index in [9.17, 15) is 8.60 Å². The molecule has 1 aromatic heterocycles. The van der Waals surface area contributed by atoms with Crippen LogP contribution in [0.2, 0.25) is 5.82 Å². The fourth-order valence-corrected chi connectivity index (χ4v) is 5.25. The first-order valence-electron chi connectivity index (χ1n) is 10.2. The van der Waals surface area contributed by atoms with Crippen LogP contribution in [0.4, 0.5) is 15.9 Å². The Balaban J connectivity index is 1.39. The van der Waals surface area contributed by atoms with Crippen molar-refractivity contribution < 1.29 is 8.60 Å². The van der Waals surface area contributed by atoms with Crippen LogP contribution < -0.4 is 15.8 Å². The summed E-state index contributed by atoms with van der Waals surface area (Å²) in [5, 5.41) is 18.6. The van der Waals surface area contributed by atoms with Crippen molar-refractivity contribution in [3.63, 3.8) is 0 Å². The molecule has 31 heavy (non-hydrogen) atoms. The minimum Gasteiger partial charge on any atom is -0.404 e. The number of aromatic nitrogens is 2. The van der Waals surface area contributed by atoms with Crippen LogP contribution in [-0.2, 0) is 17.5 Å². The number of aromatic amines is 1. The highest BCUT2D eigenvalue weighted by Crippen LogP contribution is 2.41. The molecule has 1 aliphatic carbocycles. The van der Waals surface area contributed by atoms with Gasteiger partial charge in [-0.15, -0.1) is 0 Å². The van der Waals surface area contributed by atoms with Crippen LogP contribution in [0.15, 0.2) is 47.0 Å². The predicted molar refractivity (Wildman–Crippen MR) is 122 cm³/mol. The van der Waals surface area contributed by atoms with Gasteiger partial charge in [-0.3, -0.25) is 5.10 Å². The molecule has 4 rings (SSSR count). The third-order valence-corrected chi connectivity index (χ3v) is 7.06. The number of benzene rings is 1. The number of halogens is 1. The molecule has 0 amide bonds. The molecule has 2 heterocycles. The summed E-state index contributed by atoms with van der Waals surface area (Å²) >= 11 is 0. The second kappa shape index (κ2) is 8.80. The molecule has 1 aromatic carbocycles. The maximum Gasteiger partial charge on any atom is 0.181 e. The lowest BCUT2D eigenvalue weighted by Crippen LogP contribution is -2.17. The van der Waals surface area contributed by atoms with E-state index in [0.29, 0.717) is 39.1 Å². The molecular weight excluding hydrogens is 414 g/mol. The van der Waals surface area contributed by atoms with E-state index in [0.717, 1.165) is 30.5 Å². The molecule has 2 aliphatic rings. The molecule has 161 valence electrons. The second-order valence-electron chi connectivity index (χ2n) is 8.04. The maximum absolute atomic E-state index is 14.7. The van der Waals surface area contributed by atoms with E-state index in [4.69, 9.17) is 11.1 Å². The van der Waals surface area contributed by atoms with Gasteiger partial charge < -0.3 is 16.5 Å². The highest BCUT2D eigenvalue weighted by molar-refractivity contribution is 7.83. The zero-order chi connectivity index (χ0) is 22.1. The highest BCUT2D eigenvalue weighted by Gasteiger charge is 2.29. The van der Waals surface area contributed by atoms with Crippen molar-refractivity contribution in [3.05, 3.63) is 59.2 Å². The molecule has 1 aliphatic heterocycles. The molecule has 2 aromatic rings. The highest BCUT2D eigenvalue weighted by atomic mass is 32.2. The minimum atomic E-state index is -1.35. The summed E-state index contributed by atoms with van der Waals surface area (Å²) in [5.41, 5.74) is 9.22. The fourth-order valence-electron chi connectivity index (χ4n) is 4.24. The summed E-state index contributed by atoms with van der Waals surface area (Å²) in [6.07, 6.45) is 4.30. The third kappa shape index (κ3) is 4.36. The number of nitrogens with zero attached hydrogens (tertiary/aromatic N) is 1. The lowest BCUT2D eigenvalue weighted by molar-refractivity contribution is 0.609. The van der Waals surface area contributed by atoms with Crippen LogP contribution in [0.25, 0.3) is 0 Å². The van der Waals surface area contributed by atoms with E-state index in [1.807, 2.05) is 20.3 Å². The van der Waals surface area contributed by atoms with Crippen LogP contribution in [0, 0.1) is 11.2 Å². The van der Waals surface area contributed by atoms with E-state index >= 15 is 0 Å². The summed E-state index contributed by atoms with van der Waals surface area (Å²) < 4.78 is 29.3. The van der Waals surface area contributed by atoms with Gasteiger partial charge in [-0.1, -0.05) is 18.8 Å². The molecule has 10 heteroatoms. The number of nitrogens with one attached hydrogen (secondary N) is 4. The summed E-state index contributed by atoms with van der Waals surface area (Å²) in [5.74, 6) is 0.713. The van der Waals surface area contributed by atoms with Gasteiger partial charge >= 0.3 is 0 Å². The van der Waals surface area contributed by atoms with Crippen molar-refractivity contribution in [3.8, 4) is 0 Å². The number of fused-ring (bicyclic) bond motifs is 1. The van der Waals surface area contributed by atoms with E-state index in [-0.39, 0.29) is 12.4 Å². The van der Waals surface area contributed by atoms with Crippen LogP contribution in [0.1, 0.15) is 43.4 Å². The van der Waals surface area contributed by atoms with Gasteiger partial charge in [-0.25, -0.2) is 13.3 Å². The molecule has 7 nitrogen and oxygen atoms in total. The average Bonchev–Trinajstić information content (AvgIpc) is 3.45. The van der Waals surface area contributed by atoms with Crippen LogP contribution in [0.3, 0.4) is 0 Å². The van der Waals surface area contributed by atoms with Gasteiger partial charge in [0, 0.05) is 41.6 Å². The van der Waals surface area contributed by atoms with Gasteiger partial charge in [0.15, 0.2) is 18.9 Å². The maximum atomic E-state index is 14.7. The Morgan fingerprint density at radius 1 is 1.48 bits per heavy atom. The molecule has 3 unspecified atom stereocenters. The Morgan fingerprint density at radius 3 is 3.03 bits per heavy atom. The van der Waals surface area contributed by atoms with Crippen LogP contribution in [-0.4, -0.2) is 27.3 Å². The lowest BCUT2D eigenvalue weighted by Gasteiger charge is -2.12. The first-order chi connectivity index (χ1) is 14.9. The standard InChI is InChI=1S/C21H25BFN6OS/c1-11(2)14(9-24)21(25)22-13-4-3-12(7-13)17-8-19(29-28-17)27-16-5-6-18-15(20(16)23)10-26-31(18)30/h5-6,8-9,12-13,25-26H,1,3-4,7,10,24H2,2H3,(H2,27,28,29)/b14-9-,25-21?. The van der Waals surface area contributed by atoms with Gasteiger partial charge in [0.05, 0.1) is 10.6 Å². The monoisotopic (exact) mass is 439 g/mol. The smallest absolute Gasteiger partial charge is 0.181 e. The molecular formula is C21H25BFN6OS. The van der Waals surface area contributed by atoms with E-state index in [2.05, 4.69) is 26.8 Å². The van der Waals surface area contributed by atoms with Crippen LogP contribution >= 0.6 is 0 Å². The van der Waals surface area contributed by atoms with Crippen molar-refractivity contribution >= 4 is 35.4 Å². The molecule has 1 saturated carbocycles. The quantitative estimate of drug-likeness (QED) is 0.257. The molecule has 0 bridgehead atoms. The summed E-state index contributed by atoms with van der Waals surface area (Å²) in [6, 6.07) is 5.16. The predicted octanol–water partition coefficient (Wildman–Crippen LogP) is 3.57. The van der Waals surface area contributed by atoms with E-state index in [1.54, 1.807) is 12.1 Å². The van der Waals surface area contributed by atoms with E-state index < -0.39 is 16.8 Å². The number of allylic oxidation sites excluding steroid dienone is 2. The number of H-pyrrole nitrogens is 1. The van der Waals surface area contributed by atoms with Gasteiger partial charge in [0.25, 0.3) is 0 Å². The zero-order valence-electron chi connectivity index (χ0n) is 17.3. The van der Waals surface area contributed by atoms with Gasteiger partial charge in [-0.05, 0) is 43.1 Å². The van der Waals surface area contributed by atoms with Gasteiger partial charge in [0.2, 0.25) is 0 Å². The molecule has 0 spiro atoms. The van der Waals surface area contributed by atoms with Crippen molar-refractivity contribution in [1.29, 1.82) is 5.41 Å². The summed E-state index contributed by atoms with van der Waals surface area (Å²) in [6.45, 7) is 5.97. The Bertz CT molecular complexity index is 1100. The first kappa shape index (κ1) is 21.5. The Hall–Kier alpha value is -2.72. The fraction of sp³-hybridized carbons (Fsp3) is 0.333. The van der Waals surface area contributed by atoms with E-state index in [1.165, 1.54) is 6.20 Å². The SMILES string of the molecule is C=C(C)/C(=C/N)C(=N)[B]C1CCC(c2cc(Nc3ccc4c(c3F)CNS4=O)n[nH]2)C1. The lowest BCUT2D eigenvalue weighted by atomic mass is 9.57. The minimum absolute atomic E-state index is 0.247. The molecule has 1 radical (unpaired) electrons. The molecule has 1 fully saturated rings. The topological polar surface area (TPSA) is 120 Å². The Kier molecular flexibility index (Phi) is 6.11. The largest absolute Gasteiger partial charge is 0.404 e. The Morgan fingerprint density at radius 2 is 2.29 bits per heavy atom. The Labute approximate surface area is 184 Å². The van der Waals surface area contributed by atoms with Crippen molar-refractivity contribution in [2.75, 3.05) is 5.32 Å². The van der Waals surface area contributed by atoms with Crippen molar-refractivity contribution in [2.24, 2.45) is 5.73 Å². The van der Waals surface area contributed by atoms with Crippen molar-refractivity contribution in [1.82, 2.24) is 14.9 Å². The van der Waals surface area contributed by atoms with Crippen molar-refractivity contribution in [2.45, 2.75) is 49.4 Å². The first-order valence-corrected chi connectivity index (χ1v) is 11.3. The second-order valence-corrected chi connectivity index (χ2v) is 9.30. The number of hydrogen-bond donors (Lipinski definition) is 5. The molecule has 6 N–H and O–H groups in total. The molecule has 0 saturated heterocycles.